The van der Waals surface area contributed by atoms with Gasteiger partial charge in [0.05, 0.1) is 22.9 Å². The monoisotopic (exact) mass is 460 g/mol. The average molecular weight is 461 g/mol. The molecule has 30 heavy (non-hydrogen) atoms. The number of nitro benzene ring substituents is 1. The predicted octanol–water partition coefficient (Wildman–Crippen LogP) is 6.18. The first-order chi connectivity index (χ1) is 14.3. The highest BCUT2D eigenvalue weighted by atomic mass is 35.5. The van der Waals surface area contributed by atoms with E-state index in [0.717, 1.165) is 16.8 Å². The van der Waals surface area contributed by atoms with Gasteiger partial charge in [-0.1, -0.05) is 53.6 Å². The Morgan fingerprint density at radius 2 is 1.90 bits per heavy atom. The van der Waals surface area contributed by atoms with Gasteiger partial charge >= 0.3 is 0 Å². The van der Waals surface area contributed by atoms with Crippen molar-refractivity contribution in [3.63, 3.8) is 0 Å². The molecule has 0 aliphatic carbocycles. The third kappa shape index (κ3) is 5.05. The van der Waals surface area contributed by atoms with Crippen molar-refractivity contribution in [1.82, 2.24) is 4.68 Å². The number of aromatic nitrogens is 1. The Morgan fingerprint density at radius 3 is 2.53 bits per heavy atom. The van der Waals surface area contributed by atoms with E-state index in [-0.39, 0.29) is 10.7 Å². The summed E-state index contributed by atoms with van der Waals surface area (Å²) in [5.74, 6) is 0. The van der Waals surface area contributed by atoms with Crippen LogP contribution in [0.1, 0.15) is 19.4 Å². The Labute approximate surface area is 187 Å². The molecule has 9 heteroatoms. The van der Waals surface area contributed by atoms with Gasteiger partial charge in [0.2, 0.25) is 4.80 Å². The van der Waals surface area contributed by atoms with E-state index in [1.165, 1.54) is 23.5 Å². The third-order valence-electron chi connectivity index (χ3n) is 4.12. The van der Waals surface area contributed by atoms with E-state index in [2.05, 4.69) is 11.6 Å². The maximum atomic E-state index is 11.2. The average Bonchev–Trinajstić information content (AvgIpc) is 3.09. The Morgan fingerprint density at radius 1 is 1.20 bits per heavy atom. The van der Waals surface area contributed by atoms with Crippen LogP contribution in [0, 0.1) is 10.1 Å². The van der Waals surface area contributed by atoms with E-state index < -0.39 is 4.92 Å². The predicted molar refractivity (Wildman–Crippen MR) is 124 cm³/mol. The molecule has 0 aliphatic heterocycles. The second-order valence-corrected chi connectivity index (χ2v) is 8.28. The van der Waals surface area contributed by atoms with E-state index in [0.29, 0.717) is 27.6 Å². The molecule has 0 N–H and O–H groups in total. The number of benzene rings is 2. The normalized spacial score (nSPS) is 12.3. The SMILES string of the molecule is C=C(C)CN=c1scc(-c2ccc(Cl)cc2)n1N=C(C)c1ccc(Cl)c([N+](=O)[O-])c1. The summed E-state index contributed by atoms with van der Waals surface area (Å²) in [4.78, 5) is 16.0. The molecule has 6 nitrogen and oxygen atoms in total. The minimum absolute atomic E-state index is 0.0822. The fourth-order valence-electron chi connectivity index (χ4n) is 2.61. The molecule has 0 unspecified atom stereocenters. The summed E-state index contributed by atoms with van der Waals surface area (Å²) in [6.45, 7) is 8.06. The second kappa shape index (κ2) is 9.38. The molecule has 1 aromatic heterocycles. The van der Waals surface area contributed by atoms with Crippen molar-refractivity contribution >= 4 is 45.9 Å². The van der Waals surface area contributed by atoms with Crippen molar-refractivity contribution in [2.24, 2.45) is 10.1 Å². The van der Waals surface area contributed by atoms with Crippen LogP contribution in [0.2, 0.25) is 10.0 Å². The van der Waals surface area contributed by atoms with E-state index >= 15 is 0 Å². The molecule has 0 saturated carbocycles. The van der Waals surface area contributed by atoms with Gasteiger partial charge in [-0.25, -0.2) is 4.68 Å². The van der Waals surface area contributed by atoms with Gasteiger partial charge in [0.15, 0.2) is 0 Å². The first-order valence-electron chi connectivity index (χ1n) is 8.87. The molecule has 0 radical (unpaired) electrons. The Kier molecular flexibility index (Phi) is 6.87. The number of nitro groups is 1. The largest absolute Gasteiger partial charge is 0.288 e. The molecule has 0 saturated heterocycles. The zero-order chi connectivity index (χ0) is 21.8. The lowest BCUT2D eigenvalue weighted by atomic mass is 10.1. The van der Waals surface area contributed by atoms with Gasteiger partial charge in [0.25, 0.3) is 5.69 Å². The lowest BCUT2D eigenvalue weighted by Crippen LogP contribution is -2.15. The molecule has 0 atom stereocenters. The van der Waals surface area contributed by atoms with E-state index in [1.54, 1.807) is 17.7 Å². The zero-order valence-electron chi connectivity index (χ0n) is 16.3. The summed E-state index contributed by atoms with van der Waals surface area (Å²) in [6.07, 6.45) is 0. The van der Waals surface area contributed by atoms with Gasteiger partial charge in [-0.15, -0.1) is 11.3 Å². The van der Waals surface area contributed by atoms with Gasteiger partial charge in [-0.2, -0.15) is 5.10 Å². The minimum atomic E-state index is -0.510. The number of nitrogens with zero attached hydrogens (tertiary/aromatic N) is 4. The van der Waals surface area contributed by atoms with Gasteiger partial charge < -0.3 is 0 Å². The smallest absolute Gasteiger partial charge is 0.258 e. The quantitative estimate of drug-likeness (QED) is 0.190. The van der Waals surface area contributed by atoms with Crippen LogP contribution in [-0.2, 0) is 0 Å². The van der Waals surface area contributed by atoms with Gasteiger partial charge in [-0.3, -0.25) is 15.1 Å². The van der Waals surface area contributed by atoms with Crippen molar-refractivity contribution in [2.75, 3.05) is 6.54 Å². The highest BCUT2D eigenvalue weighted by Crippen LogP contribution is 2.26. The minimum Gasteiger partial charge on any atom is -0.258 e. The number of hydrogen-bond donors (Lipinski definition) is 0. The number of halogens is 2. The van der Waals surface area contributed by atoms with Crippen LogP contribution in [0.25, 0.3) is 11.3 Å². The molecule has 154 valence electrons. The summed E-state index contributed by atoms with van der Waals surface area (Å²) >= 11 is 13.4. The lowest BCUT2D eigenvalue weighted by molar-refractivity contribution is -0.384. The number of hydrogen-bond acceptors (Lipinski definition) is 5. The highest BCUT2D eigenvalue weighted by Gasteiger charge is 2.15. The fourth-order valence-corrected chi connectivity index (χ4v) is 3.75. The Balaban J connectivity index is 2.15. The standard InChI is InChI=1S/C21H18Cl2N4O2S/c1-13(2)11-24-21-26(20(12-30-21)15-4-7-17(22)8-5-15)25-14(3)16-6-9-18(23)19(10-16)27(28)29/h4-10,12H,1,11H2,2-3H3. The Hall–Kier alpha value is -2.74. The van der Waals surface area contributed by atoms with Gasteiger partial charge in [-0.05, 0) is 32.0 Å². The molecule has 3 aromatic rings. The summed E-state index contributed by atoms with van der Waals surface area (Å²) < 4.78 is 1.73. The topological polar surface area (TPSA) is 72.8 Å². The van der Waals surface area contributed by atoms with E-state index in [1.807, 2.05) is 36.6 Å². The van der Waals surface area contributed by atoms with E-state index in [4.69, 9.17) is 28.3 Å². The maximum Gasteiger partial charge on any atom is 0.288 e. The summed E-state index contributed by atoms with van der Waals surface area (Å²) in [7, 11) is 0. The van der Waals surface area contributed by atoms with Gasteiger partial charge in [0, 0.05) is 27.6 Å². The first-order valence-corrected chi connectivity index (χ1v) is 10.5. The molecule has 2 aromatic carbocycles. The van der Waals surface area contributed by atoms with Crippen LogP contribution >= 0.6 is 34.5 Å². The molecular weight excluding hydrogens is 443 g/mol. The van der Waals surface area contributed by atoms with Crippen molar-refractivity contribution in [3.8, 4) is 11.3 Å². The van der Waals surface area contributed by atoms with Crippen molar-refractivity contribution in [2.45, 2.75) is 13.8 Å². The Bertz CT molecular complexity index is 1210. The van der Waals surface area contributed by atoms with Crippen molar-refractivity contribution < 1.29 is 4.92 Å². The first kappa shape index (κ1) is 22.0. The third-order valence-corrected chi connectivity index (χ3v) is 5.55. The molecular formula is C21H18Cl2N4O2S. The van der Waals surface area contributed by atoms with Crippen molar-refractivity contribution in [1.29, 1.82) is 0 Å². The van der Waals surface area contributed by atoms with Crippen LogP contribution in [0.4, 0.5) is 5.69 Å². The van der Waals surface area contributed by atoms with Crippen LogP contribution in [-0.4, -0.2) is 21.9 Å². The van der Waals surface area contributed by atoms with Gasteiger partial charge in [0.1, 0.15) is 5.02 Å². The molecule has 0 amide bonds. The molecule has 3 rings (SSSR count). The summed E-state index contributed by atoms with van der Waals surface area (Å²) in [5, 5.41) is 18.6. The molecule has 0 spiro atoms. The second-order valence-electron chi connectivity index (χ2n) is 6.60. The number of rotatable bonds is 6. The highest BCUT2D eigenvalue weighted by molar-refractivity contribution is 7.07. The summed E-state index contributed by atoms with van der Waals surface area (Å²) in [5.41, 5.74) is 3.70. The van der Waals surface area contributed by atoms with Crippen LogP contribution in [0.3, 0.4) is 0 Å². The molecule has 1 heterocycles. The van der Waals surface area contributed by atoms with Crippen LogP contribution in [0.15, 0.2) is 70.1 Å². The number of thiazole rings is 1. The molecule has 0 bridgehead atoms. The van der Waals surface area contributed by atoms with Crippen LogP contribution < -0.4 is 4.80 Å². The summed E-state index contributed by atoms with van der Waals surface area (Å²) in [6, 6.07) is 12.0. The molecule has 0 fully saturated rings. The zero-order valence-corrected chi connectivity index (χ0v) is 18.6. The maximum absolute atomic E-state index is 11.2. The fraction of sp³-hybridized carbons (Fsp3) is 0.143. The van der Waals surface area contributed by atoms with Crippen LogP contribution in [0.5, 0.6) is 0 Å². The van der Waals surface area contributed by atoms with Crippen molar-refractivity contribution in [3.05, 3.63) is 90.5 Å². The lowest BCUT2D eigenvalue weighted by Gasteiger charge is -2.07. The van der Waals surface area contributed by atoms with E-state index in [9.17, 15) is 10.1 Å². The molecule has 0 aliphatic rings.